The van der Waals surface area contributed by atoms with Crippen molar-refractivity contribution in [3.8, 4) is 11.8 Å². The van der Waals surface area contributed by atoms with Crippen molar-refractivity contribution in [1.82, 2.24) is 9.80 Å². The van der Waals surface area contributed by atoms with Crippen LogP contribution in [-0.2, 0) is 4.79 Å². The first-order valence-electron chi connectivity index (χ1n) is 8.84. The minimum atomic E-state index is -0.267. The standard InChI is InChI=1S/C21H23N3O2/c1-17-7-5-6-10-20(17)26-16-21(25)24-13-11-23(12-14-24)19(15-22)18-8-3-2-4-9-18/h2-10,19H,11-14,16H2,1H3. The summed E-state index contributed by atoms with van der Waals surface area (Å²) in [6.45, 7) is 4.60. The number of carbonyl (C=O) groups is 1. The summed E-state index contributed by atoms with van der Waals surface area (Å²) in [5, 5.41) is 9.55. The van der Waals surface area contributed by atoms with Gasteiger partial charge in [0.15, 0.2) is 6.61 Å². The third-order valence-electron chi connectivity index (χ3n) is 4.71. The highest BCUT2D eigenvalue weighted by molar-refractivity contribution is 5.78. The molecule has 1 fully saturated rings. The zero-order valence-corrected chi connectivity index (χ0v) is 15.0. The lowest BCUT2D eigenvalue weighted by Gasteiger charge is -2.37. The molecule has 26 heavy (non-hydrogen) atoms. The second kappa shape index (κ2) is 8.50. The molecule has 5 heteroatoms. The first kappa shape index (κ1) is 18.0. The Morgan fingerprint density at radius 3 is 2.38 bits per heavy atom. The van der Waals surface area contributed by atoms with Gasteiger partial charge in [-0.25, -0.2) is 0 Å². The Bertz CT molecular complexity index is 777. The van der Waals surface area contributed by atoms with Crippen LogP contribution in [0, 0.1) is 18.3 Å². The summed E-state index contributed by atoms with van der Waals surface area (Å²) in [4.78, 5) is 16.4. The number of nitriles is 1. The van der Waals surface area contributed by atoms with Gasteiger partial charge in [0, 0.05) is 26.2 Å². The number of piperazine rings is 1. The largest absolute Gasteiger partial charge is 0.484 e. The van der Waals surface area contributed by atoms with E-state index in [1.54, 1.807) is 0 Å². The van der Waals surface area contributed by atoms with E-state index in [9.17, 15) is 10.1 Å². The third-order valence-corrected chi connectivity index (χ3v) is 4.71. The maximum absolute atomic E-state index is 12.4. The number of ether oxygens (including phenoxy) is 1. The Morgan fingerprint density at radius 1 is 1.08 bits per heavy atom. The molecule has 2 aromatic carbocycles. The molecule has 1 aliphatic heterocycles. The first-order valence-corrected chi connectivity index (χ1v) is 8.84. The highest BCUT2D eigenvalue weighted by Gasteiger charge is 2.27. The fraction of sp³-hybridized carbons (Fsp3) is 0.333. The summed E-state index contributed by atoms with van der Waals surface area (Å²) in [6, 6.07) is 19.6. The van der Waals surface area contributed by atoms with Gasteiger partial charge in [0.05, 0.1) is 6.07 Å². The van der Waals surface area contributed by atoms with Crippen molar-refractivity contribution in [2.45, 2.75) is 13.0 Å². The molecule has 1 amide bonds. The van der Waals surface area contributed by atoms with Gasteiger partial charge in [0.1, 0.15) is 11.8 Å². The molecule has 1 saturated heterocycles. The van der Waals surface area contributed by atoms with Crippen molar-refractivity contribution in [3.05, 3.63) is 65.7 Å². The second-order valence-electron chi connectivity index (χ2n) is 6.41. The Morgan fingerprint density at radius 2 is 1.73 bits per heavy atom. The Labute approximate surface area is 154 Å². The van der Waals surface area contributed by atoms with Crippen LogP contribution in [0.4, 0.5) is 0 Å². The molecule has 0 spiro atoms. The lowest BCUT2D eigenvalue weighted by molar-refractivity contribution is -0.135. The zero-order chi connectivity index (χ0) is 18.4. The number of hydrogen-bond donors (Lipinski definition) is 0. The number of amides is 1. The van der Waals surface area contributed by atoms with Crippen LogP contribution in [0.2, 0.25) is 0 Å². The maximum atomic E-state index is 12.4. The minimum absolute atomic E-state index is 0.0129. The highest BCUT2D eigenvalue weighted by atomic mass is 16.5. The number of rotatable bonds is 5. The highest BCUT2D eigenvalue weighted by Crippen LogP contribution is 2.21. The first-order chi connectivity index (χ1) is 12.7. The molecule has 0 aliphatic carbocycles. The molecule has 1 unspecified atom stereocenters. The predicted octanol–water partition coefficient (Wildman–Crippen LogP) is 2.78. The van der Waals surface area contributed by atoms with E-state index in [0.717, 1.165) is 16.9 Å². The van der Waals surface area contributed by atoms with Crippen LogP contribution in [0.5, 0.6) is 5.75 Å². The van der Waals surface area contributed by atoms with E-state index in [1.807, 2.05) is 66.4 Å². The van der Waals surface area contributed by atoms with Gasteiger partial charge >= 0.3 is 0 Å². The molecular weight excluding hydrogens is 326 g/mol. The van der Waals surface area contributed by atoms with Crippen molar-refractivity contribution in [2.24, 2.45) is 0 Å². The Balaban J connectivity index is 1.52. The van der Waals surface area contributed by atoms with E-state index in [1.165, 1.54) is 0 Å². The SMILES string of the molecule is Cc1ccccc1OCC(=O)N1CCN(C(C#N)c2ccccc2)CC1. The molecule has 2 aromatic rings. The molecule has 1 aliphatic rings. The summed E-state index contributed by atoms with van der Waals surface area (Å²) in [6.07, 6.45) is 0. The summed E-state index contributed by atoms with van der Waals surface area (Å²) in [5.74, 6) is 0.731. The van der Waals surface area contributed by atoms with Crippen LogP contribution >= 0.6 is 0 Å². The maximum Gasteiger partial charge on any atom is 0.260 e. The van der Waals surface area contributed by atoms with Gasteiger partial charge in [-0.15, -0.1) is 0 Å². The van der Waals surface area contributed by atoms with Gasteiger partial charge in [-0.2, -0.15) is 5.26 Å². The van der Waals surface area contributed by atoms with Crippen LogP contribution in [0.25, 0.3) is 0 Å². The quantitative estimate of drug-likeness (QED) is 0.833. The lowest BCUT2D eigenvalue weighted by Crippen LogP contribution is -2.50. The van der Waals surface area contributed by atoms with Gasteiger partial charge in [-0.1, -0.05) is 48.5 Å². The monoisotopic (exact) mass is 349 g/mol. The van der Waals surface area contributed by atoms with Crippen molar-refractivity contribution in [2.75, 3.05) is 32.8 Å². The summed E-state index contributed by atoms with van der Waals surface area (Å²) in [5.41, 5.74) is 2.02. The van der Waals surface area contributed by atoms with Crippen LogP contribution in [0.3, 0.4) is 0 Å². The molecule has 0 N–H and O–H groups in total. The lowest BCUT2D eigenvalue weighted by atomic mass is 10.1. The molecule has 134 valence electrons. The smallest absolute Gasteiger partial charge is 0.260 e. The van der Waals surface area contributed by atoms with E-state index in [-0.39, 0.29) is 18.6 Å². The summed E-state index contributed by atoms with van der Waals surface area (Å²) in [7, 11) is 0. The summed E-state index contributed by atoms with van der Waals surface area (Å²) < 4.78 is 5.66. The number of carbonyl (C=O) groups excluding carboxylic acids is 1. The van der Waals surface area contributed by atoms with Crippen LogP contribution in [0.1, 0.15) is 17.2 Å². The van der Waals surface area contributed by atoms with Crippen molar-refractivity contribution >= 4 is 5.91 Å². The van der Waals surface area contributed by atoms with Gasteiger partial charge in [-0.05, 0) is 24.1 Å². The number of para-hydroxylation sites is 1. The molecule has 3 rings (SSSR count). The van der Waals surface area contributed by atoms with Gasteiger partial charge in [0.25, 0.3) is 5.91 Å². The molecule has 5 nitrogen and oxygen atoms in total. The average Bonchev–Trinajstić information content (AvgIpc) is 2.69. The number of hydrogen-bond acceptors (Lipinski definition) is 4. The predicted molar refractivity (Wildman–Crippen MR) is 99.6 cm³/mol. The number of benzene rings is 2. The molecule has 0 radical (unpaired) electrons. The Kier molecular flexibility index (Phi) is 5.88. The van der Waals surface area contributed by atoms with Gasteiger partial charge in [-0.3, -0.25) is 9.69 Å². The zero-order valence-electron chi connectivity index (χ0n) is 15.0. The molecule has 0 bridgehead atoms. The second-order valence-corrected chi connectivity index (χ2v) is 6.41. The van der Waals surface area contributed by atoms with E-state index in [0.29, 0.717) is 26.2 Å². The average molecular weight is 349 g/mol. The van der Waals surface area contributed by atoms with E-state index in [2.05, 4.69) is 11.0 Å². The molecule has 1 atom stereocenters. The molecular formula is C21H23N3O2. The molecule has 1 heterocycles. The van der Waals surface area contributed by atoms with Crippen LogP contribution < -0.4 is 4.74 Å². The fourth-order valence-electron chi connectivity index (χ4n) is 3.18. The van der Waals surface area contributed by atoms with Crippen molar-refractivity contribution < 1.29 is 9.53 Å². The van der Waals surface area contributed by atoms with Crippen molar-refractivity contribution in [3.63, 3.8) is 0 Å². The molecule has 0 aromatic heterocycles. The van der Waals surface area contributed by atoms with Gasteiger partial charge < -0.3 is 9.64 Å². The Hall–Kier alpha value is -2.84. The van der Waals surface area contributed by atoms with Gasteiger partial charge in [0.2, 0.25) is 0 Å². The fourth-order valence-corrected chi connectivity index (χ4v) is 3.18. The normalized spacial score (nSPS) is 15.9. The number of aryl methyl sites for hydroxylation is 1. The molecule has 0 saturated carbocycles. The third kappa shape index (κ3) is 4.22. The van der Waals surface area contributed by atoms with E-state index in [4.69, 9.17) is 4.74 Å². The van der Waals surface area contributed by atoms with E-state index >= 15 is 0 Å². The topological polar surface area (TPSA) is 56.6 Å². The van der Waals surface area contributed by atoms with Crippen molar-refractivity contribution in [1.29, 1.82) is 5.26 Å². The minimum Gasteiger partial charge on any atom is -0.484 e. The van der Waals surface area contributed by atoms with Crippen LogP contribution in [-0.4, -0.2) is 48.5 Å². The number of nitrogens with zero attached hydrogens (tertiary/aromatic N) is 3. The van der Waals surface area contributed by atoms with E-state index < -0.39 is 0 Å². The van der Waals surface area contributed by atoms with Crippen LogP contribution in [0.15, 0.2) is 54.6 Å². The summed E-state index contributed by atoms with van der Waals surface area (Å²) >= 11 is 0.